The van der Waals surface area contributed by atoms with E-state index in [-0.39, 0.29) is 6.03 Å². The summed E-state index contributed by atoms with van der Waals surface area (Å²) in [4.78, 5) is 11.7. The van der Waals surface area contributed by atoms with Gasteiger partial charge in [0.1, 0.15) is 0 Å². The molecule has 4 N–H and O–H groups in total. The van der Waals surface area contributed by atoms with Gasteiger partial charge in [0.25, 0.3) is 0 Å². The number of nitrogen functional groups attached to an aromatic ring is 1. The van der Waals surface area contributed by atoms with Crippen molar-refractivity contribution in [1.82, 2.24) is 5.32 Å². The number of hydrogen-bond acceptors (Lipinski definition) is 2. The van der Waals surface area contributed by atoms with Gasteiger partial charge >= 0.3 is 6.03 Å². The lowest BCUT2D eigenvalue weighted by molar-refractivity contribution is 0.251. The molecule has 0 fully saturated rings. The monoisotopic (exact) mass is 319 g/mol. The highest BCUT2D eigenvalue weighted by molar-refractivity contribution is 9.10. The molecule has 0 aliphatic rings. The number of amides is 2. The highest BCUT2D eigenvalue weighted by Crippen LogP contribution is 2.15. The molecule has 0 unspecified atom stereocenters. The van der Waals surface area contributed by atoms with Crippen molar-refractivity contribution in [1.29, 1.82) is 0 Å². The highest BCUT2D eigenvalue weighted by Gasteiger charge is 2.03. The van der Waals surface area contributed by atoms with Crippen LogP contribution in [-0.2, 0) is 6.54 Å². The van der Waals surface area contributed by atoms with E-state index in [1.807, 2.05) is 24.3 Å². The van der Waals surface area contributed by atoms with Crippen molar-refractivity contribution >= 4 is 33.3 Å². The average molecular weight is 320 g/mol. The lowest BCUT2D eigenvalue weighted by atomic mass is 10.2. The Kier molecular flexibility index (Phi) is 4.41. The van der Waals surface area contributed by atoms with Crippen LogP contribution in [0.3, 0.4) is 0 Å². The third kappa shape index (κ3) is 3.99. The van der Waals surface area contributed by atoms with Crippen molar-refractivity contribution in [3.05, 3.63) is 58.6 Å². The zero-order chi connectivity index (χ0) is 13.7. The van der Waals surface area contributed by atoms with E-state index in [2.05, 4.69) is 26.6 Å². The first kappa shape index (κ1) is 13.4. The van der Waals surface area contributed by atoms with Crippen LogP contribution in [0.4, 0.5) is 16.2 Å². The van der Waals surface area contributed by atoms with E-state index >= 15 is 0 Å². The summed E-state index contributed by atoms with van der Waals surface area (Å²) in [5, 5.41) is 5.51. The van der Waals surface area contributed by atoms with Crippen molar-refractivity contribution in [3.8, 4) is 0 Å². The van der Waals surface area contributed by atoms with Crippen molar-refractivity contribution in [2.24, 2.45) is 0 Å². The minimum absolute atomic E-state index is 0.263. The lowest BCUT2D eigenvalue weighted by Crippen LogP contribution is -2.28. The molecule has 19 heavy (non-hydrogen) atoms. The van der Waals surface area contributed by atoms with Crippen LogP contribution >= 0.6 is 15.9 Å². The summed E-state index contributed by atoms with van der Waals surface area (Å²) in [7, 11) is 0. The maximum atomic E-state index is 11.7. The fourth-order valence-electron chi connectivity index (χ4n) is 1.61. The highest BCUT2D eigenvalue weighted by atomic mass is 79.9. The van der Waals surface area contributed by atoms with Crippen LogP contribution in [0.2, 0.25) is 0 Å². The summed E-state index contributed by atoms with van der Waals surface area (Å²) >= 11 is 3.43. The molecule has 0 saturated heterocycles. The second-order valence-corrected chi connectivity index (χ2v) is 4.88. The molecule has 0 atom stereocenters. The van der Waals surface area contributed by atoms with Crippen LogP contribution in [0.5, 0.6) is 0 Å². The minimum atomic E-state index is -0.263. The topological polar surface area (TPSA) is 67.1 Å². The van der Waals surface area contributed by atoms with E-state index in [1.54, 1.807) is 24.3 Å². The Morgan fingerprint density at radius 1 is 1.16 bits per heavy atom. The normalized spacial score (nSPS) is 9.95. The summed E-state index contributed by atoms with van der Waals surface area (Å²) in [6.07, 6.45) is 0. The quantitative estimate of drug-likeness (QED) is 0.759. The van der Waals surface area contributed by atoms with Crippen LogP contribution < -0.4 is 16.4 Å². The van der Waals surface area contributed by atoms with Crippen LogP contribution in [0.25, 0.3) is 0 Å². The molecule has 0 bridgehead atoms. The smallest absolute Gasteiger partial charge is 0.319 e. The van der Waals surface area contributed by atoms with E-state index in [0.29, 0.717) is 17.9 Å². The summed E-state index contributed by atoms with van der Waals surface area (Å²) in [5.74, 6) is 0. The molecule has 2 rings (SSSR count). The maximum Gasteiger partial charge on any atom is 0.319 e. The lowest BCUT2D eigenvalue weighted by Gasteiger charge is -2.09. The maximum absolute atomic E-state index is 11.7. The Balaban J connectivity index is 1.90. The molecule has 0 aliphatic carbocycles. The van der Waals surface area contributed by atoms with Gasteiger partial charge in [-0.15, -0.1) is 0 Å². The van der Waals surface area contributed by atoms with Crippen molar-refractivity contribution in [2.45, 2.75) is 6.54 Å². The molecule has 5 heteroatoms. The predicted octanol–water partition coefficient (Wildman–Crippen LogP) is 3.35. The third-order valence-electron chi connectivity index (χ3n) is 2.54. The Hall–Kier alpha value is -2.01. The van der Waals surface area contributed by atoms with E-state index in [0.717, 1.165) is 10.0 Å². The zero-order valence-corrected chi connectivity index (χ0v) is 11.8. The molecular weight excluding hydrogens is 306 g/mol. The van der Waals surface area contributed by atoms with Gasteiger partial charge in [-0.05, 0) is 29.8 Å². The molecule has 0 saturated carbocycles. The number of anilines is 2. The van der Waals surface area contributed by atoms with Gasteiger partial charge in [0.05, 0.1) is 0 Å². The number of rotatable bonds is 3. The fourth-order valence-corrected chi connectivity index (χ4v) is 2.03. The largest absolute Gasteiger partial charge is 0.399 e. The van der Waals surface area contributed by atoms with Gasteiger partial charge in [0.15, 0.2) is 0 Å². The minimum Gasteiger partial charge on any atom is -0.399 e. The van der Waals surface area contributed by atoms with Gasteiger partial charge in [-0.1, -0.05) is 40.2 Å². The number of hydrogen-bond donors (Lipinski definition) is 3. The second kappa shape index (κ2) is 6.24. The van der Waals surface area contributed by atoms with Crippen LogP contribution in [-0.4, -0.2) is 6.03 Å². The van der Waals surface area contributed by atoms with Gasteiger partial charge in [-0.25, -0.2) is 4.79 Å². The molecule has 4 nitrogen and oxygen atoms in total. The number of halogens is 1. The number of carbonyl (C=O) groups is 1. The molecule has 0 aromatic heterocycles. The number of carbonyl (C=O) groups excluding carboxylic acids is 1. The summed E-state index contributed by atoms with van der Waals surface area (Å²) in [6.45, 7) is 0.454. The number of nitrogens with two attached hydrogens (primary N) is 1. The SMILES string of the molecule is Nc1cccc(NC(=O)NCc2ccccc2Br)c1. The van der Waals surface area contributed by atoms with E-state index < -0.39 is 0 Å². The molecule has 0 radical (unpaired) electrons. The molecule has 2 aromatic carbocycles. The number of nitrogens with one attached hydrogen (secondary N) is 2. The van der Waals surface area contributed by atoms with Gasteiger partial charge in [-0.2, -0.15) is 0 Å². The summed E-state index contributed by atoms with van der Waals surface area (Å²) in [6, 6.07) is 14.5. The van der Waals surface area contributed by atoms with Crippen LogP contribution in [0.1, 0.15) is 5.56 Å². The van der Waals surface area contributed by atoms with Crippen molar-refractivity contribution in [3.63, 3.8) is 0 Å². The van der Waals surface area contributed by atoms with Gasteiger partial charge in [-0.3, -0.25) is 0 Å². The molecule has 0 aliphatic heterocycles. The van der Waals surface area contributed by atoms with Gasteiger partial charge < -0.3 is 16.4 Å². The number of benzene rings is 2. The van der Waals surface area contributed by atoms with E-state index in [1.165, 1.54) is 0 Å². The van der Waals surface area contributed by atoms with Crippen molar-refractivity contribution < 1.29 is 4.79 Å². The molecule has 2 amide bonds. The summed E-state index contributed by atoms with van der Waals surface area (Å²) in [5.41, 5.74) is 7.95. The molecule has 0 heterocycles. The van der Waals surface area contributed by atoms with E-state index in [4.69, 9.17) is 5.73 Å². The fraction of sp³-hybridized carbons (Fsp3) is 0.0714. The summed E-state index contributed by atoms with van der Waals surface area (Å²) < 4.78 is 0.972. The number of urea groups is 1. The Morgan fingerprint density at radius 3 is 2.68 bits per heavy atom. The molecule has 98 valence electrons. The Labute approximate surface area is 120 Å². The Bertz CT molecular complexity index is 586. The molecular formula is C14H14BrN3O. The first-order valence-electron chi connectivity index (χ1n) is 5.79. The zero-order valence-electron chi connectivity index (χ0n) is 10.2. The average Bonchev–Trinajstić information content (AvgIpc) is 2.38. The first-order valence-corrected chi connectivity index (χ1v) is 6.58. The third-order valence-corrected chi connectivity index (χ3v) is 3.32. The molecule has 2 aromatic rings. The predicted molar refractivity (Wildman–Crippen MR) is 80.9 cm³/mol. The Morgan fingerprint density at radius 2 is 1.95 bits per heavy atom. The van der Waals surface area contributed by atoms with Crippen LogP contribution in [0.15, 0.2) is 53.0 Å². The van der Waals surface area contributed by atoms with Crippen molar-refractivity contribution in [2.75, 3.05) is 11.1 Å². The molecule has 0 spiro atoms. The van der Waals surface area contributed by atoms with E-state index in [9.17, 15) is 4.79 Å². The van der Waals surface area contributed by atoms with Gasteiger partial charge in [0, 0.05) is 22.4 Å². The first-order chi connectivity index (χ1) is 9.15. The standard InChI is InChI=1S/C14H14BrN3O/c15-13-7-2-1-4-10(13)9-17-14(19)18-12-6-3-5-11(16)8-12/h1-8H,9,16H2,(H2,17,18,19). The van der Waals surface area contributed by atoms with Crippen LogP contribution in [0, 0.1) is 0 Å². The van der Waals surface area contributed by atoms with Gasteiger partial charge in [0.2, 0.25) is 0 Å². The second-order valence-electron chi connectivity index (χ2n) is 4.02.